The molecule has 7 nitrogen and oxygen atoms in total. The lowest BCUT2D eigenvalue weighted by Crippen LogP contribution is -2.44. The van der Waals surface area contributed by atoms with Crippen molar-refractivity contribution in [3.63, 3.8) is 0 Å². The lowest BCUT2D eigenvalue weighted by Gasteiger charge is -2.33. The van der Waals surface area contributed by atoms with Gasteiger partial charge in [0.05, 0.1) is 22.2 Å². The number of nitro benzene ring substituents is 1. The van der Waals surface area contributed by atoms with Gasteiger partial charge in [0.1, 0.15) is 5.82 Å². The molecule has 0 saturated carbocycles. The van der Waals surface area contributed by atoms with Crippen molar-refractivity contribution in [2.45, 2.75) is 0 Å². The number of aromatic nitrogens is 2. The second-order valence-corrected chi connectivity index (χ2v) is 4.95. The van der Waals surface area contributed by atoms with E-state index in [1.54, 1.807) is 12.3 Å². The molecular formula is C13H15N5O2. The van der Waals surface area contributed by atoms with Gasteiger partial charge in [0.2, 0.25) is 0 Å². The number of hydrogen-bond acceptors (Lipinski definition) is 6. The number of fused-ring (bicyclic) bond motifs is 1. The van der Waals surface area contributed by atoms with Crippen molar-refractivity contribution in [1.82, 2.24) is 14.9 Å². The van der Waals surface area contributed by atoms with E-state index in [9.17, 15) is 10.1 Å². The fourth-order valence-corrected chi connectivity index (χ4v) is 2.29. The topological polar surface area (TPSA) is 75.4 Å². The number of non-ortho nitro benzene ring substituents is 1. The molecule has 0 radical (unpaired) electrons. The van der Waals surface area contributed by atoms with Gasteiger partial charge in [-0.05, 0) is 13.1 Å². The summed E-state index contributed by atoms with van der Waals surface area (Å²) in [4.78, 5) is 23.7. The highest BCUT2D eigenvalue weighted by molar-refractivity contribution is 5.78. The SMILES string of the molecule is CN1CCN(c2cnc3ccc([N+](=O)[O-])cc3n2)CC1. The molecule has 1 aliphatic rings. The van der Waals surface area contributed by atoms with Crippen LogP contribution in [0.3, 0.4) is 0 Å². The summed E-state index contributed by atoms with van der Waals surface area (Å²) >= 11 is 0. The van der Waals surface area contributed by atoms with Gasteiger partial charge in [-0.1, -0.05) is 0 Å². The molecule has 3 rings (SSSR count). The Labute approximate surface area is 116 Å². The fourth-order valence-electron chi connectivity index (χ4n) is 2.29. The average Bonchev–Trinajstić information content (AvgIpc) is 2.47. The third-order valence-corrected chi connectivity index (χ3v) is 3.55. The first-order valence-electron chi connectivity index (χ1n) is 6.48. The Morgan fingerprint density at radius 2 is 1.95 bits per heavy atom. The highest BCUT2D eigenvalue weighted by Crippen LogP contribution is 2.21. The van der Waals surface area contributed by atoms with Gasteiger partial charge in [-0.15, -0.1) is 0 Å². The smallest absolute Gasteiger partial charge is 0.271 e. The largest absolute Gasteiger partial charge is 0.353 e. The van der Waals surface area contributed by atoms with E-state index in [1.165, 1.54) is 12.1 Å². The first kappa shape index (κ1) is 12.7. The number of anilines is 1. The molecule has 0 N–H and O–H groups in total. The summed E-state index contributed by atoms with van der Waals surface area (Å²) in [5.74, 6) is 0.783. The van der Waals surface area contributed by atoms with Crippen LogP contribution in [0.4, 0.5) is 11.5 Å². The van der Waals surface area contributed by atoms with Crippen LogP contribution in [-0.2, 0) is 0 Å². The monoisotopic (exact) mass is 273 g/mol. The Bertz CT molecular complexity index is 652. The number of likely N-dealkylation sites (N-methyl/N-ethyl adjacent to an activating group) is 1. The van der Waals surface area contributed by atoms with Crippen molar-refractivity contribution in [1.29, 1.82) is 0 Å². The molecule has 2 aromatic rings. The van der Waals surface area contributed by atoms with Crippen molar-refractivity contribution in [3.05, 3.63) is 34.5 Å². The lowest BCUT2D eigenvalue weighted by molar-refractivity contribution is -0.384. The highest BCUT2D eigenvalue weighted by atomic mass is 16.6. The summed E-state index contributed by atoms with van der Waals surface area (Å²) in [5, 5.41) is 10.8. The van der Waals surface area contributed by atoms with E-state index >= 15 is 0 Å². The summed E-state index contributed by atoms with van der Waals surface area (Å²) in [6.07, 6.45) is 1.74. The van der Waals surface area contributed by atoms with E-state index in [2.05, 4.69) is 26.8 Å². The van der Waals surface area contributed by atoms with E-state index in [4.69, 9.17) is 0 Å². The van der Waals surface area contributed by atoms with Gasteiger partial charge < -0.3 is 9.80 Å². The van der Waals surface area contributed by atoms with Gasteiger partial charge in [-0.2, -0.15) is 0 Å². The van der Waals surface area contributed by atoms with E-state index in [-0.39, 0.29) is 5.69 Å². The van der Waals surface area contributed by atoms with Crippen LogP contribution in [-0.4, -0.2) is 53.0 Å². The third-order valence-electron chi connectivity index (χ3n) is 3.55. The number of rotatable bonds is 2. The van der Waals surface area contributed by atoms with Gasteiger partial charge >= 0.3 is 0 Å². The minimum Gasteiger partial charge on any atom is -0.353 e. The predicted octanol–water partition coefficient (Wildman–Crippen LogP) is 1.29. The summed E-state index contributed by atoms with van der Waals surface area (Å²) < 4.78 is 0. The second kappa shape index (κ2) is 5.01. The van der Waals surface area contributed by atoms with Gasteiger partial charge in [0, 0.05) is 38.3 Å². The molecule has 104 valence electrons. The number of piperazine rings is 1. The summed E-state index contributed by atoms with van der Waals surface area (Å²) in [5.41, 5.74) is 1.28. The molecule has 0 amide bonds. The Morgan fingerprint density at radius 3 is 2.65 bits per heavy atom. The van der Waals surface area contributed by atoms with Crippen molar-refractivity contribution in [2.75, 3.05) is 38.1 Å². The number of benzene rings is 1. The molecule has 7 heteroatoms. The maximum Gasteiger partial charge on any atom is 0.271 e. The predicted molar refractivity (Wildman–Crippen MR) is 75.9 cm³/mol. The molecule has 20 heavy (non-hydrogen) atoms. The zero-order chi connectivity index (χ0) is 14.1. The normalized spacial score (nSPS) is 16.6. The molecule has 0 aliphatic carbocycles. The van der Waals surface area contributed by atoms with Crippen LogP contribution in [0.15, 0.2) is 24.4 Å². The Hall–Kier alpha value is -2.28. The maximum absolute atomic E-state index is 10.8. The zero-order valence-electron chi connectivity index (χ0n) is 11.2. The molecule has 0 atom stereocenters. The zero-order valence-corrected chi connectivity index (χ0v) is 11.2. The first-order valence-corrected chi connectivity index (χ1v) is 6.48. The molecule has 1 aromatic carbocycles. The van der Waals surface area contributed by atoms with Crippen LogP contribution in [0.1, 0.15) is 0 Å². The van der Waals surface area contributed by atoms with E-state index in [0.29, 0.717) is 11.0 Å². The summed E-state index contributed by atoms with van der Waals surface area (Å²) in [6.45, 7) is 3.75. The number of nitrogens with zero attached hydrogens (tertiary/aromatic N) is 5. The number of hydrogen-bond donors (Lipinski definition) is 0. The van der Waals surface area contributed by atoms with Crippen LogP contribution in [0, 0.1) is 10.1 Å². The van der Waals surface area contributed by atoms with Crippen LogP contribution in [0.2, 0.25) is 0 Å². The van der Waals surface area contributed by atoms with Gasteiger partial charge in [0.25, 0.3) is 5.69 Å². The van der Waals surface area contributed by atoms with Gasteiger partial charge in [-0.25, -0.2) is 4.98 Å². The Balaban J connectivity index is 1.94. The van der Waals surface area contributed by atoms with Crippen molar-refractivity contribution in [2.24, 2.45) is 0 Å². The first-order chi connectivity index (χ1) is 9.63. The Kier molecular flexibility index (Phi) is 3.19. The molecule has 2 heterocycles. The van der Waals surface area contributed by atoms with Crippen LogP contribution < -0.4 is 4.90 Å². The third kappa shape index (κ3) is 2.39. The molecule has 1 aliphatic heterocycles. The highest BCUT2D eigenvalue weighted by Gasteiger charge is 2.16. The molecule has 1 fully saturated rings. The molecule has 0 unspecified atom stereocenters. The quantitative estimate of drug-likeness (QED) is 0.606. The van der Waals surface area contributed by atoms with E-state index < -0.39 is 4.92 Å². The lowest BCUT2D eigenvalue weighted by atomic mass is 10.2. The average molecular weight is 273 g/mol. The van der Waals surface area contributed by atoms with Gasteiger partial charge in [-0.3, -0.25) is 15.1 Å². The van der Waals surface area contributed by atoms with E-state index in [0.717, 1.165) is 32.0 Å². The fraction of sp³-hybridized carbons (Fsp3) is 0.385. The van der Waals surface area contributed by atoms with Crippen molar-refractivity contribution >= 4 is 22.5 Å². The Morgan fingerprint density at radius 1 is 1.20 bits per heavy atom. The number of nitro groups is 1. The standard InChI is InChI=1S/C13H15N5O2/c1-16-4-6-17(7-5-16)13-9-14-11-3-2-10(18(19)20)8-12(11)15-13/h2-3,8-9H,4-7H2,1H3. The maximum atomic E-state index is 10.8. The van der Waals surface area contributed by atoms with Crippen LogP contribution in [0.25, 0.3) is 11.0 Å². The minimum absolute atomic E-state index is 0.0438. The molecule has 1 aromatic heterocycles. The molecular weight excluding hydrogens is 258 g/mol. The van der Waals surface area contributed by atoms with Crippen LogP contribution >= 0.6 is 0 Å². The van der Waals surface area contributed by atoms with Crippen molar-refractivity contribution in [3.8, 4) is 0 Å². The minimum atomic E-state index is -0.413. The van der Waals surface area contributed by atoms with Crippen LogP contribution in [0.5, 0.6) is 0 Å². The van der Waals surface area contributed by atoms with Gasteiger partial charge in [0.15, 0.2) is 0 Å². The molecule has 0 spiro atoms. The second-order valence-electron chi connectivity index (χ2n) is 4.95. The van der Waals surface area contributed by atoms with E-state index in [1.807, 2.05) is 0 Å². The molecule has 1 saturated heterocycles. The summed E-state index contributed by atoms with van der Waals surface area (Å²) in [7, 11) is 2.09. The van der Waals surface area contributed by atoms with Crippen molar-refractivity contribution < 1.29 is 4.92 Å². The molecule has 0 bridgehead atoms. The summed E-state index contributed by atoms with van der Waals surface area (Å²) in [6, 6.07) is 4.56.